The van der Waals surface area contributed by atoms with Gasteiger partial charge in [0.15, 0.2) is 0 Å². The maximum absolute atomic E-state index is 13.0. The fourth-order valence-corrected chi connectivity index (χ4v) is 5.19. The lowest BCUT2D eigenvalue weighted by molar-refractivity contribution is -0.128. The lowest BCUT2D eigenvalue weighted by Crippen LogP contribution is -2.44. The van der Waals surface area contributed by atoms with E-state index in [1.165, 1.54) is 0 Å². The second kappa shape index (κ2) is 6.95. The normalized spacial score (nSPS) is 18.9. The van der Waals surface area contributed by atoms with Crippen LogP contribution in [0.1, 0.15) is 40.3 Å². The molecule has 3 aromatic rings. The largest absolute Gasteiger partial charge is 0.338 e. The van der Waals surface area contributed by atoms with Crippen molar-refractivity contribution < 1.29 is 9.59 Å². The molecule has 2 aliphatic heterocycles. The van der Waals surface area contributed by atoms with Crippen molar-refractivity contribution in [3.8, 4) is 0 Å². The summed E-state index contributed by atoms with van der Waals surface area (Å²) in [6.45, 7) is 4.70. The van der Waals surface area contributed by atoms with Crippen LogP contribution in [0.4, 0.5) is 0 Å². The molecular weight excluding hydrogens is 386 g/mol. The first kappa shape index (κ1) is 18.3. The number of carbonyl (C=O) groups is 2. The number of thiazole rings is 1. The number of fused-ring (bicyclic) bond motifs is 1. The number of likely N-dealkylation sites (tertiary alicyclic amines) is 2. The summed E-state index contributed by atoms with van der Waals surface area (Å²) in [5, 5.41) is 7.34. The average Bonchev–Trinajstić information content (AvgIpc) is 3.40. The van der Waals surface area contributed by atoms with E-state index >= 15 is 0 Å². The molecule has 7 nitrogen and oxygen atoms in total. The van der Waals surface area contributed by atoms with Gasteiger partial charge in [-0.25, -0.2) is 9.50 Å². The molecule has 150 valence electrons. The van der Waals surface area contributed by atoms with Gasteiger partial charge >= 0.3 is 0 Å². The maximum atomic E-state index is 13.0. The second-order valence-electron chi connectivity index (χ2n) is 8.17. The van der Waals surface area contributed by atoms with Crippen molar-refractivity contribution in [1.82, 2.24) is 24.4 Å². The molecule has 2 fully saturated rings. The van der Waals surface area contributed by atoms with Crippen LogP contribution >= 0.6 is 11.3 Å². The molecule has 3 aromatic heterocycles. The van der Waals surface area contributed by atoms with Gasteiger partial charge in [0, 0.05) is 43.0 Å². The van der Waals surface area contributed by atoms with Crippen molar-refractivity contribution in [3.63, 3.8) is 0 Å². The van der Waals surface area contributed by atoms with E-state index in [4.69, 9.17) is 0 Å². The third kappa shape index (κ3) is 3.31. The fourth-order valence-electron chi connectivity index (χ4n) is 4.59. The van der Waals surface area contributed by atoms with Gasteiger partial charge in [0.05, 0.1) is 34.5 Å². The molecule has 29 heavy (non-hydrogen) atoms. The number of piperidine rings is 1. The summed E-state index contributed by atoms with van der Waals surface area (Å²) in [7, 11) is 0. The highest BCUT2D eigenvalue weighted by Crippen LogP contribution is 2.41. The molecule has 0 atom stereocenters. The van der Waals surface area contributed by atoms with Crippen LogP contribution in [-0.2, 0) is 11.3 Å². The van der Waals surface area contributed by atoms with Gasteiger partial charge in [-0.05, 0) is 31.9 Å². The van der Waals surface area contributed by atoms with Crippen molar-refractivity contribution in [1.29, 1.82) is 0 Å². The van der Waals surface area contributed by atoms with E-state index in [9.17, 15) is 9.59 Å². The van der Waals surface area contributed by atoms with E-state index in [1.54, 1.807) is 22.0 Å². The third-order valence-electron chi connectivity index (χ3n) is 6.19. The van der Waals surface area contributed by atoms with E-state index in [1.807, 2.05) is 46.5 Å². The molecule has 8 heteroatoms. The molecule has 0 unspecified atom stereocenters. The summed E-state index contributed by atoms with van der Waals surface area (Å²) in [6.07, 6.45) is 5.79. The van der Waals surface area contributed by atoms with Crippen LogP contribution in [0, 0.1) is 12.3 Å². The van der Waals surface area contributed by atoms with E-state index in [2.05, 4.69) is 10.1 Å². The minimum Gasteiger partial charge on any atom is -0.338 e. The molecule has 0 aliphatic carbocycles. The molecule has 0 bridgehead atoms. The molecule has 0 saturated carbocycles. The van der Waals surface area contributed by atoms with Gasteiger partial charge in [0.1, 0.15) is 0 Å². The van der Waals surface area contributed by atoms with Gasteiger partial charge in [0.2, 0.25) is 5.91 Å². The molecule has 0 aromatic carbocycles. The highest BCUT2D eigenvalue weighted by molar-refractivity contribution is 7.09. The molecular formula is C21H23N5O2S. The Bertz CT molecular complexity index is 1080. The SMILES string of the molecule is Cc1nc(CN2CC3(CCN(C(=O)c4cnn5ccccc45)CC3)CC2=O)cs1. The number of aromatic nitrogens is 3. The van der Waals surface area contributed by atoms with Gasteiger partial charge in [0.25, 0.3) is 5.91 Å². The molecule has 5 heterocycles. The quantitative estimate of drug-likeness (QED) is 0.667. The zero-order valence-corrected chi connectivity index (χ0v) is 17.2. The van der Waals surface area contributed by atoms with Crippen molar-refractivity contribution in [2.24, 2.45) is 5.41 Å². The monoisotopic (exact) mass is 409 g/mol. The number of rotatable bonds is 3. The molecule has 1 spiro atoms. The minimum absolute atomic E-state index is 0.0139. The first-order valence-corrected chi connectivity index (χ1v) is 10.8. The Hall–Kier alpha value is -2.74. The zero-order chi connectivity index (χ0) is 20.0. The summed E-state index contributed by atoms with van der Waals surface area (Å²) in [6, 6.07) is 5.73. The molecule has 2 saturated heterocycles. The first-order chi connectivity index (χ1) is 14.0. The summed E-state index contributed by atoms with van der Waals surface area (Å²) in [4.78, 5) is 34.0. The van der Waals surface area contributed by atoms with Crippen molar-refractivity contribution in [2.45, 2.75) is 32.7 Å². The van der Waals surface area contributed by atoms with Gasteiger partial charge < -0.3 is 9.80 Å². The summed E-state index contributed by atoms with van der Waals surface area (Å²) < 4.78 is 1.73. The third-order valence-corrected chi connectivity index (χ3v) is 7.02. The van der Waals surface area contributed by atoms with Crippen LogP contribution in [0.25, 0.3) is 5.52 Å². The number of carbonyl (C=O) groups excluding carboxylic acids is 2. The van der Waals surface area contributed by atoms with Crippen LogP contribution in [0.3, 0.4) is 0 Å². The lowest BCUT2D eigenvalue weighted by Gasteiger charge is -2.38. The topological polar surface area (TPSA) is 70.8 Å². The summed E-state index contributed by atoms with van der Waals surface area (Å²) in [5.74, 6) is 0.234. The van der Waals surface area contributed by atoms with Gasteiger partial charge in [-0.2, -0.15) is 5.10 Å². The smallest absolute Gasteiger partial charge is 0.257 e. The Kier molecular flexibility index (Phi) is 4.38. The average molecular weight is 410 g/mol. The number of hydrogen-bond acceptors (Lipinski definition) is 5. The van der Waals surface area contributed by atoms with Crippen LogP contribution in [0.5, 0.6) is 0 Å². The summed E-state index contributed by atoms with van der Waals surface area (Å²) in [5.41, 5.74) is 2.43. The number of hydrogen-bond donors (Lipinski definition) is 0. The van der Waals surface area contributed by atoms with Gasteiger partial charge in [-0.3, -0.25) is 9.59 Å². The van der Waals surface area contributed by atoms with E-state index in [0.29, 0.717) is 31.6 Å². The summed E-state index contributed by atoms with van der Waals surface area (Å²) >= 11 is 1.62. The van der Waals surface area contributed by atoms with Gasteiger partial charge in [-0.1, -0.05) is 6.07 Å². The molecule has 2 aliphatic rings. The standard InChI is InChI=1S/C21H23N5O2S/c1-15-23-16(13-29-15)12-25-14-21(10-19(25)27)5-8-24(9-6-21)20(28)17-11-22-26-7-3-2-4-18(17)26/h2-4,7,11,13H,5-6,8-10,12,14H2,1H3. The predicted molar refractivity (Wildman–Crippen MR) is 110 cm³/mol. The molecule has 2 amide bonds. The number of aryl methyl sites for hydroxylation is 1. The van der Waals surface area contributed by atoms with Crippen molar-refractivity contribution in [3.05, 3.63) is 52.2 Å². The first-order valence-electron chi connectivity index (χ1n) is 9.93. The lowest BCUT2D eigenvalue weighted by atomic mass is 9.77. The van der Waals surface area contributed by atoms with E-state index in [0.717, 1.165) is 35.6 Å². The fraction of sp³-hybridized carbons (Fsp3) is 0.429. The highest BCUT2D eigenvalue weighted by atomic mass is 32.1. The molecule has 5 rings (SSSR count). The van der Waals surface area contributed by atoms with Crippen LogP contribution in [0.15, 0.2) is 36.0 Å². The Morgan fingerprint density at radius 3 is 2.86 bits per heavy atom. The molecule has 0 radical (unpaired) electrons. The molecule has 0 N–H and O–H groups in total. The Balaban J connectivity index is 1.25. The van der Waals surface area contributed by atoms with E-state index in [-0.39, 0.29) is 17.2 Å². The van der Waals surface area contributed by atoms with Gasteiger partial charge in [-0.15, -0.1) is 11.3 Å². The maximum Gasteiger partial charge on any atom is 0.257 e. The highest BCUT2D eigenvalue weighted by Gasteiger charge is 2.45. The van der Waals surface area contributed by atoms with E-state index < -0.39 is 0 Å². The Labute approximate surface area is 173 Å². The number of amides is 2. The van der Waals surface area contributed by atoms with Crippen LogP contribution in [-0.4, -0.2) is 55.8 Å². The Morgan fingerprint density at radius 1 is 1.28 bits per heavy atom. The Morgan fingerprint density at radius 2 is 2.10 bits per heavy atom. The van der Waals surface area contributed by atoms with Crippen LogP contribution < -0.4 is 0 Å². The number of nitrogens with zero attached hydrogens (tertiary/aromatic N) is 5. The van der Waals surface area contributed by atoms with Crippen LogP contribution in [0.2, 0.25) is 0 Å². The predicted octanol–water partition coefficient (Wildman–Crippen LogP) is 2.75. The van der Waals surface area contributed by atoms with Crippen molar-refractivity contribution >= 4 is 28.7 Å². The minimum atomic E-state index is -0.0139. The van der Waals surface area contributed by atoms with Crippen molar-refractivity contribution in [2.75, 3.05) is 19.6 Å². The second-order valence-corrected chi connectivity index (χ2v) is 9.23. The number of pyridine rings is 1. The zero-order valence-electron chi connectivity index (χ0n) is 16.4.